The Balaban J connectivity index is 1.68. The first-order chi connectivity index (χ1) is 17.5. The molecule has 2 atom stereocenters. The fourth-order valence-corrected chi connectivity index (χ4v) is 5.74. The minimum atomic E-state index is -1.41. The Labute approximate surface area is 218 Å². The molecule has 0 unspecified atom stereocenters. The Morgan fingerprint density at radius 2 is 1.47 bits per heavy atom. The highest BCUT2D eigenvalue weighted by molar-refractivity contribution is 9.10. The Kier molecular flexibility index (Phi) is 5.38. The number of carbonyl (C=O) groups is 2. The maximum atomic E-state index is 14.2. The molecule has 4 nitrogen and oxygen atoms in total. The third kappa shape index (κ3) is 3.27. The number of benzene rings is 4. The van der Waals surface area contributed by atoms with Gasteiger partial charge in [-0.05, 0) is 17.7 Å². The highest BCUT2D eigenvalue weighted by Gasteiger charge is 2.64. The van der Waals surface area contributed by atoms with Crippen molar-refractivity contribution >= 4 is 39.1 Å². The van der Waals surface area contributed by atoms with E-state index in [1.807, 2.05) is 97.1 Å². The fraction of sp³-hybridized carbons (Fsp3) is 0.0968. The van der Waals surface area contributed by atoms with Crippen LogP contribution in [0.4, 0.5) is 5.69 Å². The molecule has 0 N–H and O–H groups in total. The Bertz CT molecular complexity index is 1520. The van der Waals surface area contributed by atoms with Crippen molar-refractivity contribution in [3.63, 3.8) is 0 Å². The van der Waals surface area contributed by atoms with Crippen LogP contribution in [0.3, 0.4) is 0 Å². The van der Waals surface area contributed by atoms with Crippen LogP contribution in [-0.2, 0) is 15.1 Å². The molecule has 0 aromatic heterocycles. The topological polar surface area (TPSA) is 46.6 Å². The molecule has 0 saturated heterocycles. The highest BCUT2D eigenvalue weighted by atomic mass is 79.9. The molecule has 5 heteroatoms. The van der Waals surface area contributed by atoms with Crippen LogP contribution in [0.1, 0.15) is 33.0 Å². The summed E-state index contributed by atoms with van der Waals surface area (Å²) in [5, 5.41) is 0. The summed E-state index contributed by atoms with van der Waals surface area (Å²) in [6.45, 7) is 0. The Morgan fingerprint density at radius 1 is 0.861 bits per heavy atom. The van der Waals surface area contributed by atoms with Gasteiger partial charge in [-0.25, -0.2) is 0 Å². The molecule has 0 radical (unpaired) electrons. The molecule has 1 amide bonds. The van der Waals surface area contributed by atoms with E-state index in [-0.39, 0.29) is 11.7 Å². The highest BCUT2D eigenvalue weighted by Crippen LogP contribution is 2.60. The maximum absolute atomic E-state index is 14.2. The molecule has 176 valence electrons. The number of nitrogens with zero attached hydrogens (tertiary/aromatic N) is 1. The Hall–Kier alpha value is -3.96. The first kappa shape index (κ1) is 22.5. The lowest BCUT2D eigenvalue weighted by atomic mass is 9.73. The minimum Gasteiger partial charge on any atom is -0.470 e. The predicted octanol–water partition coefficient (Wildman–Crippen LogP) is 6.73. The Morgan fingerprint density at radius 3 is 2.14 bits per heavy atom. The van der Waals surface area contributed by atoms with Crippen LogP contribution in [0, 0.1) is 0 Å². The van der Waals surface area contributed by atoms with Gasteiger partial charge in [0.2, 0.25) is 5.60 Å². The average molecular weight is 536 g/mol. The van der Waals surface area contributed by atoms with Crippen molar-refractivity contribution in [2.45, 2.75) is 11.5 Å². The summed E-state index contributed by atoms with van der Waals surface area (Å²) in [5.41, 5.74) is 2.74. The van der Waals surface area contributed by atoms with Crippen LogP contribution < -0.4 is 4.90 Å². The summed E-state index contributed by atoms with van der Waals surface area (Å²) in [7, 11) is 1.76. The van der Waals surface area contributed by atoms with Gasteiger partial charge in [-0.1, -0.05) is 113 Å². The van der Waals surface area contributed by atoms with Crippen molar-refractivity contribution in [3.05, 3.63) is 141 Å². The van der Waals surface area contributed by atoms with E-state index in [0.717, 1.165) is 26.9 Å². The van der Waals surface area contributed by atoms with Gasteiger partial charge in [-0.2, -0.15) is 0 Å². The SMILES string of the molecule is CN1C(=O)[C@@]2(OC(c3ccccc3)=C(C(=O)c3ccccc3)[C@@H]2c2ccccc2)c2ccc(Br)cc21. The standard InChI is InChI=1S/C31H22BrNO3/c1-33-25-19-23(32)17-18-24(25)31(30(33)35)27(20-11-5-2-6-12-20)26(28(34)21-13-7-3-8-14-21)29(36-31)22-15-9-4-10-16-22/h2-19,27H,1H3/t27-,31+/m0/s1. The first-order valence-corrected chi connectivity index (χ1v) is 12.5. The second-order valence-corrected chi connectivity index (χ2v) is 9.93. The van der Waals surface area contributed by atoms with Gasteiger partial charge >= 0.3 is 0 Å². The quantitative estimate of drug-likeness (QED) is 0.272. The molecule has 1 spiro atoms. The largest absolute Gasteiger partial charge is 0.470 e. The van der Waals surface area contributed by atoms with Crippen LogP contribution in [-0.4, -0.2) is 18.7 Å². The van der Waals surface area contributed by atoms with E-state index in [4.69, 9.17) is 4.74 Å². The second kappa shape index (κ2) is 8.61. The van der Waals surface area contributed by atoms with Gasteiger partial charge in [0, 0.05) is 28.2 Å². The van der Waals surface area contributed by atoms with Crippen molar-refractivity contribution in [2.24, 2.45) is 0 Å². The van der Waals surface area contributed by atoms with E-state index in [1.165, 1.54) is 0 Å². The van der Waals surface area contributed by atoms with Gasteiger partial charge in [0.25, 0.3) is 5.91 Å². The summed E-state index contributed by atoms with van der Waals surface area (Å²) >= 11 is 3.54. The number of carbonyl (C=O) groups excluding carboxylic acids is 2. The number of Topliss-reactive ketones (excluding diaryl/α,β-unsaturated/α-hetero) is 1. The van der Waals surface area contributed by atoms with Gasteiger partial charge in [0.15, 0.2) is 5.78 Å². The first-order valence-electron chi connectivity index (χ1n) is 11.7. The fourth-order valence-electron chi connectivity index (χ4n) is 5.39. The number of likely N-dealkylation sites (N-methyl/N-ethyl adjacent to an activating group) is 1. The van der Waals surface area contributed by atoms with E-state index in [0.29, 0.717) is 16.9 Å². The monoisotopic (exact) mass is 535 g/mol. The second-order valence-electron chi connectivity index (χ2n) is 9.01. The zero-order valence-electron chi connectivity index (χ0n) is 19.5. The zero-order chi connectivity index (χ0) is 24.9. The lowest BCUT2D eigenvalue weighted by molar-refractivity contribution is -0.135. The van der Waals surface area contributed by atoms with Gasteiger partial charge < -0.3 is 9.64 Å². The zero-order valence-corrected chi connectivity index (χ0v) is 21.1. The van der Waals surface area contributed by atoms with Gasteiger partial charge in [0.1, 0.15) is 5.76 Å². The number of ketones is 1. The van der Waals surface area contributed by atoms with Crippen molar-refractivity contribution < 1.29 is 14.3 Å². The van der Waals surface area contributed by atoms with Crippen LogP contribution in [0.5, 0.6) is 0 Å². The summed E-state index contributed by atoms with van der Waals surface area (Å²) in [5.74, 6) is -0.551. The number of hydrogen-bond donors (Lipinski definition) is 0. The number of anilines is 1. The predicted molar refractivity (Wildman–Crippen MR) is 144 cm³/mol. The summed E-state index contributed by atoms with van der Waals surface area (Å²) in [6.07, 6.45) is 0. The number of ether oxygens (including phenoxy) is 1. The van der Waals surface area contributed by atoms with E-state index < -0.39 is 11.5 Å². The van der Waals surface area contributed by atoms with E-state index >= 15 is 0 Å². The molecule has 0 saturated carbocycles. The molecule has 4 aromatic carbocycles. The molecule has 6 rings (SSSR count). The summed E-state index contributed by atoms with van der Waals surface area (Å²) < 4.78 is 7.68. The average Bonchev–Trinajstić information content (AvgIpc) is 3.39. The van der Waals surface area contributed by atoms with Crippen molar-refractivity contribution in [1.82, 2.24) is 0 Å². The smallest absolute Gasteiger partial charge is 0.276 e. The minimum absolute atomic E-state index is 0.152. The molecule has 0 bridgehead atoms. The van der Waals surface area contributed by atoms with Crippen molar-refractivity contribution in [3.8, 4) is 0 Å². The van der Waals surface area contributed by atoms with Gasteiger partial charge in [0.05, 0.1) is 17.2 Å². The van der Waals surface area contributed by atoms with Gasteiger partial charge in [-0.15, -0.1) is 0 Å². The lowest BCUT2D eigenvalue weighted by Crippen LogP contribution is -2.43. The van der Waals surface area contributed by atoms with E-state index in [1.54, 1.807) is 24.1 Å². The van der Waals surface area contributed by atoms with Crippen molar-refractivity contribution in [2.75, 3.05) is 11.9 Å². The molecule has 0 aliphatic carbocycles. The molecule has 2 aliphatic heterocycles. The molecule has 2 heterocycles. The normalized spacial score (nSPS) is 20.6. The third-order valence-corrected chi connectivity index (χ3v) is 7.49. The van der Waals surface area contributed by atoms with Crippen LogP contribution in [0.15, 0.2) is 119 Å². The number of hydrogen-bond acceptors (Lipinski definition) is 3. The molecule has 2 aliphatic rings. The number of amides is 1. The van der Waals surface area contributed by atoms with Crippen LogP contribution >= 0.6 is 15.9 Å². The van der Waals surface area contributed by atoms with E-state index in [2.05, 4.69) is 15.9 Å². The van der Waals surface area contributed by atoms with Gasteiger partial charge in [-0.3, -0.25) is 9.59 Å². The van der Waals surface area contributed by atoms with Crippen molar-refractivity contribution in [1.29, 1.82) is 0 Å². The van der Waals surface area contributed by atoms with Crippen LogP contribution in [0.2, 0.25) is 0 Å². The molecule has 36 heavy (non-hydrogen) atoms. The number of rotatable bonds is 4. The van der Waals surface area contributed by atoms with E-state index in [9.17, 15) is 9.59 Å². The molecular formula is C31H22BrNO3. The third-order valence-electron chi connectivity index (χ3n) is 7.00. The summed E-state index contributed by atoms with van der Waals surface area (Å²) in [6, 6.07) is 34.2. The van der Waals surface area contributed by atoms with Crippen LogP contribution in [0.25, 0.3) is 5.76 Å². The lowest BCUT2D eigenvalue weighted by Gasteiger charge is -2.31. The number of fused-ring (bicyclic) bond motifs is 2. The molecule has 4 aromatic rings. The maximum Gasteiger partial charge on any atom is 0.276 e. The summed E-state index contributed by atoms with van der Waals surface area (Å²) in [4.78, 5) is 30.1. The molecular weight excluding hydrogens is 514 g/mol. The molecule has 0 fully saturated rings. The number of halogens is 1.